The van der Waals surface area contributed by atoms with E-state index >= 15 is 0 Å². The van der Waals surface area contributed by atoms with Crippen molar-refractivity contribution in [1.29, 1.82) is 0 Å². The summed E-state index contributed by atoms with van der Waals surface area (Å²) in [5.41, 5.74) is -0.0917. The Morgan fingerprint density at radius 1 is 1.04 bits per heavy atom. The molecule has 0 unspecified atom stereocenters. The maximum absolute atomic E-state index is 12.8. The monoisotopic (exact) mass is 357 g/mol. The molecule has 0 spiro atoms. The minimum absolute atomic E-state index is 0.0746. The van der Waals surface area contributed by atoms with Crippen LogP contribution in [0.4, 0.5) is 18.9 Å². The third-order valence-corrected chi connectivity index (χ3v) is 4.63. The number of morpholine rings is 1. The van der Waals surface area contributed by atoms with Gasteiger partial charge in [0.05, 0.1) is 25.3 Å². The number of hydrogen-bond acceptors (Lipinski definition) is 4. The number of benzene rings is 1. The molecule has 2 saturated heterocycles. The Bertz CT molecular complexity index is 595. The topological polar surface area (TPSA) is 36.0 Å². The van der Waals surface area contributed by atoms with Crippen molar-refractivity contribution in [3.8, 4) is 0 Å². The molecule has 0 saturated carbocycles. The number of amides is 1. The van der Waals surface area contributed by atoms with Crippen molar-refractivity contribution in [3.05, 3.63) is 29.8 Å². The van der Waals surface area contributed by atoms with E-state index in [0.717, 1.165) is 19.2 Å². The smallest absolute Gasteiger partial charge is 0.379 e. The van der Waals surface area contributed by atoms with Crippen molar-refractivity contribution < 1.29 is 22.7 Å². The van der Waals surface area contributed by atoms with Crippen LogP contribution in [-0.4, -0.2) is 74.7 Å². The number of halogens is 3. The van der Waals surface area contributed by atoms with E-state index in [9.17, 15) is 18.0 Å². The Morgan fingerprint density at radius 2 is 1.72 bits per heavy atom. The molecule has 0 aliphatic carbocycles. The summed E-state index contributed by atoms with van der Waals surface area (Å²) < 4.78 is 43.8. The van der Waals surface area contributed by atoms with E-state index in [0.29, 0.717) is 51.6 Å². The number of carbonyl (C=O) groups excluding carboxylic acids is 1. The van der Waals surface area contributed by atoms with Crippen LogP contribution in [0.15, 0.2) is 24.3 Å². The van der Waals surface area contributed by atoms with Crippen LogP contribution in [0.2, 0.25) is 0 Å². The predicted octanol–water partition coefficient (Wildman–Crippen LogP) is 1.69. The molecule has 2 heterocycles. The van der Waals surface area contributed by atoms with E-state index in [4.69, 9.17) is 4.74 Å². The summed E-state index contributed by atoms with van der Waals surface area (Å²) in [5, 5.41) is 0. The Kier molecular flexibility index (Phi) is 5.48. The van der Waals surface area contributed by atoms with Crippen LogP contribution in [0, 0.1) is 0 Å². The van der Waals surface area contributed by atoms with E-state index in [-0.39, 0.29) is 5.91 Å². The second-order valence-electron chi connectivity index (χ2n) is 6.30. The Hall–Kier alpha value is -1.80. The number of ether oxygens (including phenoxy) is 1. The van der Waals surface area contributed by atoms with Crippen LogP contribution in [0.5, 0.6) is 0 Å². The van der Waals surface area contributed by atoms with Gasteiger partial charge in [0, 0.05) is 45.0 Å². The van der Waals surface area contributed by atoms with Gasteiger partial charge in [-0.15, -0.1) is 0 Å². The number of piperazine rings is 1. The number of carbonyl (C=O) groups is 1. The third kappa shape index (κ3) is 4.64. The van der Waals surface area contributed by atoms with Gasteiger partial charge >= 0.3 is 6.18 Å². The Labute approximate surface area is 144 Å². The molecule has 0 radical (unpaired) electrons. The van der Waals surface area contributed by atoms with Gasteiger partial charge in [-0.1, -0.05) is 6.07 Å². The Balaban J connectivity index is 1.54. The standard InChI is InChI=1S/C17H22F3N3O2/c18-17(19,20)14-2-1-3-15(12-14)22-4-6-23(7-5-22)16(24)13-21-8-10-25-11-9-21/h1-3,12H,4-11,13H2. The second kappa shape index (κ2) is 7.61. The average molecular weight is 357 g/mol. The van der Waals surface area contributed by atoms with Gasteiger partial charge in [0.1, 0.15) is 0 Å². The van der Waals surface area contributed by atoms with Gasteiger partial charge in [-0.25, -0.2) is 0 Å². The highest BCUT2D eigenvalue weighted by Crippen LogP contribution is 2.31. The molecule has 2 aliphatic heterocycles. The molecule has 2 aliphatic rings. The summed E-state index contributed by atoms with van der Waals surface area (Å²) in [7, 11) is 0. The molecule has 2 fully saturated rings. The zero-order chi connectivity index (χ0) is 17.9. The van der Waals surface area contributed by atoms with Crippen LogP contribution in [0.25, 0.3) is 0 Å². The van der Waals surface area contributed by atoms with E-state index < -0.39 is 11.7 Å². The van der Waals surface area contributed by atoms with Crippen LogP contribution in [0.1, 0.15) is 5.56 Å². The molecule has 1 aromatic rings. The zero-order valence-corrected chi connectivity index (χ0v) is 14.0. The molecule has 5 nitrogen and oxygen atoms in total. The van der Waals surface area contributed by atoms with Gasteiger partial charge in [0.15, 0.2) is 0 Å². The molecular formula is C17H22F3N3O2. The Morgan fingerprint density at radius 3 is 2.36 bits per heavy atom. The van der Waals surface area contributed by atoms with Gasteiger partial charge in [-0.3, -0.25) is 9.69 Å². The van der Waals surface area contributed by atoms with E-state index in [1.165, 1.54) is 12.1 Å². The van der Waals surface area contributed by atoms with Gasteiger partial charge < -0.3 is 14.5 Å². The summed E-state index contributed by atoms with van der Waals surface area (Å²) in [6, 6.07) is 5.35. The molecule has 138 valence electrons. The lowest BCUT2D eigenvalue weighted by atomic mass is 10.1. The highest BCUT2D eigenvalue weighted by Gasteiger charge is 2.31. The molecule has 25 heavy (non-hydrogen) atoms. The molecule has 1 aromatic carbocycles. The van der Waals surface area contributed by atoms with Crippen LogP contribution in [-0.2, 0) is 15.7 Å². The van der Waals surface area contributed by atoms with Crippen LogP contribution in [0.3, 0.4) is 0 Å². The summed E-state index contributed by atoms with van der Waals surface area (Å²) in [6.45, 7) is 5.33. The van der Waals surface area contributed by atoms with Crippen molar-refractivity contribution in [1.82, 2.24) is 9.80 Å². The lowest BCUT2D eigenvalue weighted by molar-refractivity contribution is -0.137. The summed E-state index contributed by atoms with van der Waals surface area (Å²) >= 11 is 0. The fourth-order valence-electron chi connectivity index (χ4n) is 3.14. The molecule has 0 aromatic heterocycles. The van der Waals surface area contributed by atoms with Crippen molar-refractivity contribution in [2.75, 3.05) is 63.9 Å². The largest absolute Gasteiger partial charge is 0.416 e. The van der Waals surface area contributed by atoms with Crippen molar-refractivity contribution in [2.45, 2.75) is 6.18 Å². The molecule has 0 N–H and O–H groups in total. The number of alkyl halides is 3. The van der Waals surface area contributed by atoms with Crippen molar-refractivity contribution in [2.24, 2.45) is 0 Å². The molecule has 3 rings (SSSR count). The van der Waals surface area contributed by atoms with Crippen molar-refractivity contribution >= 4 is 11.6 Å². The number of rotatable bonds is 3. The van der Waals surface area contributed by atoms with E-state index in [1.54, 1.807) is 11.0 Å². The first-order valence-corrected chi connectivity index (χ1v) is 8.43. The number of hydrogen-bond donors (Lipinski definition) is 0. The molecule has 0 atom stereocenters. The fourth-order valence-corrected chi connectivity index (χ4v) is 3.14. The maximum atomic E-state index is 12.8. The fraction of sp³-hybridized carbons (Fsp3) is 0.588. The van der Waals surface area contributed by atoms with Crippen molar-refractivity contribution in [3.63, 3.8) is 0 Å². The van der Waals surface area contributed by atoms with Gasteiger partial charge in [0.2, 0.25) is 5.91 Å². The molecule has 8 heteroatoms. The first-order valence-electron chi connectivity index (χ1n) is 8.43. The predicted molar refractivity (Wildman–Crippen MR) is 87.5 cm³/mol. The maximum Gasteiger partial charge on any atom is 0.416 e. The minimum atomic E-state index is -4.34. The van der Waals surface area contributed by atoms with Crippen LogP contribution >= 0.6 is 0 Å². The average Bonchev–Trinajstić information content (AvgIpc) is 2.62. The number of nitrogens with zero attached hydrogens (tertiary/aromatic N) is 3. The number of anilines is 1. The zero-order valence-electron chi connectivity index (χ0n) is 14.0. The van der Waals surface area contributed by atoms with Gasteiger partial charge in [-0.2, -0.15) is 13.2 Å². The van der Waals surface area contributed by atoms with Gasteiger partial charge in [-0.05, 0) is 18.2 Å². The van der Waals surface area contributed by atoms with E-state index in [1.807, 2.05) is 4.90 Å². The first kappa shape index (κ1) is 18.0. The SMILES string of the molecule is O=C(CN1CCOCC1)N1CCN(c2cccc(C(F)(F)F)c2)CC1. The lowest BCUT2D eigenvalue weighted by Gasteiger charge is -2.37. The van der Waals surface area contributed by atoms with E-state index in [2.05, 4.69) is 4.90 Å². The highest BCUT2D eigenvalue weighted by atomic mass is 19.4. The van der Waals surface area contributed by atoms with Gasteiger partial charge in [0.25, 0.3) is 0 Å². The van der Waals surface area contributed by atoms with Crippen LogP contribution < -0.4 is 4.90 Å². The summed E-state index contributed by atoms with van der Waals surface area (Å²) in [4.78, 5) is 18.1. The second-order valence-corrected chi connectivity index (χ2v) is 6.30. The minimum Gasteiger partial charge on any atom is -0.379 e. The third-order valence-electron chi connectivity index (χ3n) is 4.63. The molecule has 0 bridgehead atoms. The normalized spacial score (nSPS) is 20.0. The quantitative estimate of drug-likeness (QED) is 0.825. The molecule has 1 amide bonds. The highest BCUT2D eigenvalue weighted by molar-refractivity contribution is 5.78. The summed E-state index contributed by atoms with van der Waals surface area (Å²) in [6.07, 6.45) is -4.34. The first-order chi connectivity index (χ1) is 11.9. The molecular weight excluding hydrogens is 335 g/mol. The summed E-state index contributed by atoms with van der Waals surface area (Å²) in [5.74, 6) is 0.0746. The lowest BCUT2D eigenvalue weighted by Crippen LogP contribution is -2.52.